The molecular formula is C23H23F3N8O3. The van der Waals surface area contributed by atoms with Gasteiger partial charge in [0, 0.05) is 50.7 Å². The number of nitrogens with zero attached hydrogens (tertiary/aromatic N) is 6. The van der Waals surface area contributed by atoms with Crippen LogP contribution in [0.4, 0.5) is 24.5 Å². The molecule has 1 fully saturated rings. The Hall–Kier alpha value is -4.20. The van der Waals surface area contributed by atoms with Gasteiger partial charge in [-0.3, -0.25) is 19.3 Å². The summed E-state index contributed by atoms with van der Waals surface area (Å²) < 4.78 is 40.5. The van der Waals surface area contributed by atoms with Crippen molar-refractivity contribution >= 4 is 34.7 Å². The Morgan fingerprint density at radius 3 is 2.59 bits per heavy atom. The highest BCUT2D eigenvalue weighted by atomic mass is 19.4. The molecule has 1 aromatic carbocycles. The van der Waals surface area contributed by atoms with E-state index >= 15 is 0 Å². The molecule has 3 N–H and O–H groups in total. The second kappa shape index (κ2) is 9.35. The average Bonchev–Trinajstić information content (AvgIpc) is 3.39. The molecule has 3 aromatic rings. The summed E-state index contributed by atoms with van der Waals surface area (Å²) in [6, 6.07) is 4.75. The average molecular weight is 516 g/mol. The van der Waals surface area contributed by atoms with Crippen molar-refractivity contribution in [1.29, 1.82) is 0 Å². The fourth-order valence-corrected chi connectivity index (χ4v) is 4.66. The summed E-state index contributed by atoms with van der Waals surface area (Å²) in [6.45, 7) is 0.424. The minimum Gasteiger partial charge on any atom is -0.369 e. The Morgan fingerprint density at radius 2 is 1.89 bits per heavy atom. The number of hydrogen-bond donors (Lipinski definition) is 2. The maximum atomic E-state index is 13.2. The highest BCUT2D eigenvalue weighted by Gasteiger charge is 2.38. The summed E-state index contributed by atoms with van der Waals surface area (Å²) in [5.41, 5.74) is 7.25. The number of alkyl halides is 3. The summed E-state index contributed by atoms with van der Waals surface area (Å²) in [6.07, 6.45) is 0.0140. The van der Waals surface area contributed by atoms with Gasteiger partial charge < -0.3 is 20.9 Å². The second-order valence-corrected chi connectivity index (χ2v) is 8.93. The van der Waals surface area contributed by atoms with Crippen LogP contribution in [0.3, 0.4) is 0 Å². The summed E-state index contributed by atoms with van der Waals surface area (Å²) in [5, 5.41) is 6.96. The molecule has 5 rings (SSSR count). The molecule has 0 saturated carbocycles. The third kappa shape index (κ3) is 5.05. The van der Waals surface area contributed by atoms with Crippen LogP contribution in [0.25, 0.3) is 5.65 Å². The standard InChI is InChI=1S/C23H23F3N8O3/c24-23(25,26)13-33-11-14-8-17(30-21(36)16-10-29-34-3-1-2-28-20(16)34)18(9-15(14)22(33)37)32-6-4-31(5-7-32)12-19(27)35/h1-3,8-10H,4-7,11-13H2,(H2,27,35)(H,30,36). The van der Waals surface area contributed by atoms with Crippen molar-refractivity contribution in [2.75, 3.05) is 49.5 Å². The summed E-state index contributed by atoms with van der Waals surface area (Å²) in [5.74, 6) is -1.67. The summed E-state index contributed by atoms with van der Waals surface area (Å²) in [7, 11) is 0. The van der Waals surface area contributed by atoms with Crippen molar-refractivity contribution in [3.63, 3.8) is 0 Å². The Bertz CT molecular complexity index is 1380. The molecule has 2 aromatic heterocycles. The Labute approximate surface area is 208 Å². The molecule has 11 nitrogen and oxygen atoms in total. The van der Waals surface area contributed by atoms with Gasteiger partial charge in [-0.15, -0.1) is 0 Å². The molecule has 0 aliphatic carbocycles. The third-order valence-electron chi connectivity index (χ3n) is 6.34. The maximum Gasteiger partial charge on any atom is 0.406 e. The lowest BCUT2D eigenvalue weighted by Crippen LogP contribution is -2.49. The van der Waals surface area contributed by atoms with Crippen molar-refractivity contribution in [2.45, 2.75) is 12.7 Å². The number of hydrogen-bond acceptors (Lipinski definition) is 7. The first-order chi connectivity index (χ1) is 17.6. The molecule has 0 spiro atoms. The number of benzene rings is 1. The Kier molecular flexibility index (Phi) is 6.19. The van der Waals surface area contributed by atoms with Gasteiger partial charge in [-0.25, -0.2) is 9.50 Å². The molecule has 3 amide bonds. The van der Waals surface area contributed by atoms with Crippen molar-refractivity contribution in [2.24, 2.45) is 5.73 Å². The van der Waals surface area contributed by atoms with Crippen molar-refractivity contribution in [3.05, 3.63) is 53.5 Å². The lowest BCUT2D eigenvalue weighted by molar-refractivity contribution is -0.141. The van der Waals surface area contributed by atoms with Crippen LogP contribution < -0.4 is 16.0 Å². The topological polar surface area (TPSA) is 129 Å². The van der Waals surface area contributed by atoms with E-state index in [2.05, 4.69) is 15.4 Å². The fourth-order valence-electron chi connectivity index (χ4n) is 4.66. The van der Waals surface area contributed by atoms with E-state index in [0.29, 0.717) is 48.8 Å². The van der Waals surface area contributed by atoms with E-state index in [0.717, 1.165) is 4.90 Å². The second-order valence-electron chi connectivity index (χ2n) is 8.93. The number of nitrogens with two attached hydrogens (primary N) is 1. The lowest BCUT2D eigenvalue weighted by atomic mass is 10.1. The number of rotatable bonds is 6. The highest BCUT2D eigenvalue weighted by Crippen LogP contribution is 2.36. The first kappa shape index (κ1) is 24.5. The minimum atomic E-state index is -4.54. The Morgan fingerprint density at radius 1 is 1.14 bits per heavy atom. The van der Waals surface area contributed by atoms with Gasteiger partial charge in [0.15, 0.2) is 5.65 Å². The number of amides is 3. The number of nitrogens with one attached hydrogen (secondary N) is 1. The smallest absolute Gasteiger partial charge is 0.369 e. The number of fused-ring (bicyclic) bond motifs is 2. The van der Waals surface area contributed by atoms with Gasteiger partial charge in [0.2, 0.25) is 5.91 Å². The first-order valence-electron chi connectivity index (χ1n) is 11.5. The number of aromatic nitrogens is 3. The van der Waals surface area contributed by atoms with Gasteiger partial charge in [-0.2, -0.15) is 18.3 Å². The van der Waals surface area contributed by atoms with E-state index in [1.807, 2.05) is 9.80 Å². The van der Waals surface area contributed by atoms with Crippen molar-refractivity contribution in [3.8, 4) is 0 Å². The largest absolute Gasteiger partial charge is 0.406 e. The van der Waals surface area contributed by atoms with Crippen LogP contribution in [0.2, 0.25) is 0 Å². The van der Waals surface area contributed by atoms with Crippen LogP contribution in [-0.4, -0.2) is 87.6 Å². The zero-order chi connectivity index (χ0) is 26.3. The predicted octanol–water partition coefficient (Wildman–Crippen LogP) is 1.11. The molecule has 0 bridgehead atoms. The lowest BCUT2D eigenvalue weighted by Gasteiger charge is -2.36. The van der Waals surface area contributed by atoms with E-state index in [9.17, 15) is 27.6 Å². The molecular weight excluding hydrogens is 493 g/mol. The fraction of sp³-hybridized carbons (Fsp3) is 0.348. The summed E-state index contributed by atoms with van der Waals surface area (Å²) >= 11 is 0. The quantitative estimate of drug-likeness (QED) is 0.502. The molecule has 0 unspecified atom stereocenters. The highest BCUT2D eigenvalue weighted by molar-refractivity contribution is 6.10. The van der Waals surface area contributed by atoms with Crippen LogP contribution >= 0.6 is 0 Å². The van der Waals surface area contributed by atoms with E-state index in [4.69, 9.17) is 5.73 Å². The van der Waals surface area contributed by atoms with Crippen LogP contribution in [-0.2, 0) is 11.3 Å². The maximum absolute atomic E-state index is 13.2. The van der Waals surface area contributed by atoms with Crippen LogP contribution in [0.5, 0.6) is 0 Å². The van der Waals surface area contributed by atoms with Gasteiger partial charge in [0.25, 0.3) is 11.8 Å². The number of primary amides is 1. The molecule has 37 heavy (non-hydrogen) atoms. The molecule has 4 heterocycles. The normalized spacial score (nSPS) is 16.4. The van der Waals surface area contributed by atoms with Crippen LogP contribution in [0.1, 0.15) is 26.3 Å². The number of carbonyl (C=O) groups is 3. The van der Waals surface area contributed by atoms with Gasteiger partial charge >= 0.3 is 6.18 Å². The zero-order valence-corrected chi connectivity index (χ0v) is 19.5. The summed E-state index contributed by atoms with van der Waals surface area (Å²) in [4.78, 5) is 46.0. The SMILES string of the molecule is NC(=O)CN1CCN(c2cc3c(cc2NC(=O)c2cnn4cccnc24)CN(CC(F)(F)F)C3=O)CC1. The zero-order valence-electron chi connectivity index (χ0n) is 19.5. The van der Waals surface area contributed by atoms with E-state index in [1.165, 1.54) is 23.0 Å². The molecule has 194 valence electrons. The van der Waals surface area contributed by atoms with Gasteiger partial charge in [0.05, 0.1) is 24.1 Å². The molecule has 0 atom stereocenters. The molecule has 14 heteroatoms. The van der Waals surface area contributed by atoms with Gasteiger partial charge in [-0.05, 0) is 23.8 Å². The molecule has 0 radical (unpaired) electrons. The minimum absolute atomic E-state index is 0.105. The van der Waals surface area contributed by atoms with E-state index in [1.54, 1.807) is 18.3 Å². The van der Waals surface area contributed by atoms with Crippen molar-refractivity contribution in [1.82, 2.24) is 24.4 Å². The molecule has 2 aliphatic rings. The number of halogens is 3. The van der Waals surface area contributed by atoms with E-state index in [-0.39, 0.29) is 24.2 Å². The Balaban J connectivity index is 1.46. The van der Waals surface area contributed by atoms with Crippen LogP contribution in [0, 0.1) is 0 Å². The van der Waals surface area contributed by atoms with E-state index < -0.39 is 30.4 Å². The predicted molar refractivity (Wildman–Crippen MR) is 126 cm³/mol. The third-order valence-corrected chi connectivity index (χ3v) is 6.34. The van der Waals surface area contributed by atoms with Gasteiger partial charge in [-0.1, -0.05) is 0 Å². The number of carbonyl (C=O) groups excluding carboxylic acids is 3. The van der Waals surface area contributed by atoms with Gasteiger partial charge in [0.1, 0.15) is 12.1 Å². The molecule has 2 aliphatic heterocycles. The van der Waals surface area contributed by atoms with Crippen LogP contribution in [0.15, 0.2) is 36.8 Å². The first-order valence-corrected chi connectivity index (χ1v) is 11.5. The number of piperazine rings is 1. The molecule has 1 saturated heterocycles. The van der Waals surface area contributed by atoms with Crippen molar-refractivity contribution < 1.29 is 27.6 Å². The monoisotopic (exact) mass is 516 g/mol. The number of anilines is 2.